The lowest BCUT2D eigenvalue weighted by Gasteiger charge is -2.16. The molecule has 0 bridgehead atoms. The third kappa shape index (κ3) is 2.08. The second-order valence-electron chi connectivity index (χ2n) is 3.32. The Morgan fingerprint density at radius 2 is 2.17 bits per heavy atom. The summed E-state index contributed by atoms with van der Waals surface area (Å²) in [6.07, 6.45) is 2.80. The molecular formula is C9H14ClNSi. The Labute approximate surface area is 79.5 Å². The van der Waals surface area contributed by atoms with Crippen molar-refractivity contribution in [2.45, 2.75) is 26.4 Å². The minimum atomic E-state index is -1.69. The van der Waals surface area contributed by atoms with Gasteiger partial charge in [0.1, 0.15) is 0 Å². The van der Waals surface area contributed by atoms with Crippen molar-refractivity contribution in [3.05, 3.63) is 24.0 Å². The molecule has 0 aliphatic rings. The highest BCUT2D eigenvalue weighted by Crippen LogP contribution is 2.10. The van der Waals surface area contributed by atoms with Crippen molar-refractivity contribution in [1.82, 2.24) is 4.98 Å². The molecule has 1 heterocycles. The first-order valence-electron chi connectivity index (χ1n) is 4.19. The van der Waals surface area contributed by atoms with Crippen molar-refractivity contribution >= 4 is 23.6 Å². The van der Waals surface area contributed by atoms with E-state index in [-0.39, 0.29) is 0 Å². The first kappa shape index (κ1) is 9.74. The van der Waals surface area contributed by atoms with E-state index in [2.05, 4.69) is 31.1 Å². The van der Waals surface area contributed by atoms with Crippen LogP contribution in [-0.2, 0) is 6.42 Å². The number of pyridine rings is 1. The lowest BCUT2D eigenvalue weighted by molar-refractivity contribution is 1.05. The number of aromatic nitrogens is 1. The normalized spacial score (nSPS) is 11.7. The smallest absolute Gasteiger partial charge is 0.182 e. The summed E-state index contributed by atoms with van der Waals surface area (Å²) in [6, 6.07) is 4.07. The number of nitrogens with zero attached hydrogens (tertiary/aromatic N) is 1. The average molecular weight is 200 g/mol. The van der Waals surface area contributed by atoms with Gasteiger partial charge in [0.15, 0.2) is 7.38 Å². The van der Waals surface area contributed by atoms with E-state index in [1.165, 1.54) is 5.19 Å². The average Bonchev–Trinajstić information content (AvgIpc) is 2.03. The van der Waals surface area contributed by atoms with Crippen LogP contribution in [0.3, 0.4) is 0 Å². The zero-order chi connectivity index (χ0) is 9.19. The van der Waals surface area contributed by atoms with Gasteiger partial charge in [0.2, 0.25) is 0 Å². The van der Waals surface area contributed by atoms with E-state index in [9.17, 15) is 0 Å². The van der Waals surface area contributed by atoms with Crippen LogP contribution in [0.1, 0.15) is 12.6 Å². The zero-order valence-corrected chi connectivity index (χ0v) is 9.52. The molecule has 0 atom stereocenters. The van der Waals surface area contributed by atoms with Gasteiger partial charge in [0.25, 0.3) is 0 Å². The maximum Gasteiger partial charge on any atom is 0.182 e. The third-order valence-corrected chi connectivity index (χ3v) is 4.21. The summed E-state index contributed by atoms with van der Waals surface area (Å²) in [5.74, 6) is 0. The van der Waals surface area contributed by atoms with E-state index < -0.39 is 7.38 Å². The molecule has 0 aliphatic carbocycles. The molecule has 0 unspecified atom stereocenters. The van der Waals surface area contributed by atoms with Gasteiger partial charge in [-0.3, -0.25) is 4.98 Å². The van der Waals surface area contributed by atoms with Gasteiger partial charge in [0.05, 0.1) is 0 Å². The fourth-order valence-corrected chi connectivity index (χ4v) is 3.20. The summed E-state index contributed by atoms with van der Waals surface area (Å²) in [5, 5.41) is 1.27. The second-order valence-corrected chi connectivity index (χ2v) is 9.64. The molecule has 0 spiro atoms. The molecule has 3 heteroatoms. The van der Waals surface area contributed by atoms with Crippen molar-refractivity contribution in [1.29, 1.82) is 0 Å². The highest BCUT2D eigenvalue weighted by molar-refractivity contribution is 7.26. The Balaban J connectivity index is 3.14. The molecule has 0 amide bonds. The number of aryl methyl sites for hydroxylation is 1. The summed E-state index contributed by atoms with van der Waals surface area (Å²) in [7, 11) is -1.69. The molecule has 0 radical (unpaired) electrons. The lowest BCUT2D eigenvalue weighted by atomic mass is 10.3. The fourth-order valence-electron chi connectivity index (χ4n) is 1.26. The number of rotatable bonds is 2. The standard InChI is InChI=1S/C9H14ClNSi/c1-4-8-9(12(2,3)10)6-5-7-11-8/h5-7H,4H2,1-3H3. The van der Waals surface area contributed by atoms with Crippen LogP contribution in [-0.4, -0.2) is 12.4 Å². The van der Waals surface area contributed by atoms with Gasteiger partial charge in [-0.05, 0) is 17.7 Å². The fraction of sp³-hybridized carbons (Fsp3) is 0.444. The molecule has 1 aromatic heterocycles. The van der Waals surface area contributed by atoms with Gasteiger partial charge in [-0.2, -0.15) is 11.1 Å². The lowest BCUT2D eigenvalue weighted by Crippen LogP contribution is -2.38. The first-order chi connectivity index (χ1) is 5.55. The van der Waals surface area contributed by atoms with E-state index >= 15 is 0 Å². The molecule has 0 saturated heterocycles. The van der Waals surface area contributed by atoms with Gasteiger partial charge >= 0.3 is 0 Å². The van der Waals surface area contributed by atoms with Crippen LogP contribution in [0, 0.1) is 0 Å². The Morgan fingerprint density at radius 3 is 2.58 bits per heavy atom. The summed E-state index contributed by atoms with van der Waals surface area (Å²) in [6.45, 7) is 6.37. The van der Waals surface area contributed by atoms with Crippen LogP contribution in [0.25, 0.3) is 0 Å². The summed E-state index contributed by atoms with van der Waals surface area (Å²) >= 11 is 6.34. The Kier molecular flexibility index (Phi) is 2.91. The van der Waals surface area contributed by atoms with Crippen LogP contribution in [0.15, 0.2) is 18.3 Å². The largest absolute Gasteiger partial charge is 0.261 e. The molecule has 1 aromatic rings. The molecule has 0 saturated carbocycles. The van der Waals surface area contributed by atoms with Crippen molar-refractivity contribution in [3.8, 4) is 0 Å². The zero-order valence-electron chi connectivity index (χ0n) is 7.76. The SMILES string of the molecule is CCc1ncccc1[Si](C)(C)Cl. The van der Waals surface area contributed by atoms with E-state index in [4.69, 9.17) is 11.1 Å². The molecule has 1 rings (SSSR count). The highest BCUT2D eigenvalue weighted by Gasteiger charge is 2.22. The second kappa shape index (κ2) is 3.58. The van der Waals surface area contributed by atoms with Crippen molar-refractivity contribution < 1.29 is 0 Å². The van der Waals surface area contributed by atoms with Crippen LogP contribution in [0.2, 0.25) is 13.1 Å². The van der Waals surface area contributed by atoms with Crippen molar-refractivity contribution in [2.75, 3.05) is 0 Å². The molecule has 0 aromatic carbocycles. The van der Waals surface area contributed by atoms with Gasteiger partial charge in [-0.25, -0.2) is 0 Å². The molecule has 12 heavy (non-hydrogen) atoms. The topological polar surface area (TPSA) is 12.9 Å². The van der Waals surface area contributed by atoms with Gasteiger partial charge in [0, 0.05) is 11.9 Å². The Bertz CT molecular complexity index is 267. The summed E-state index contributed by atoms with van der Waals surface area (Å²) in [5.41, 5.74) is 1.16. The maximum atomic E-state index is 6.34. The van der Waals surface area contributed by atoms with E-state index in [0.29, 0.717) is 0 Å². The summed E-state index contributed by atoms with van der Waals surface area (Å²) < 4.78 is 0. The van der Waals surface area contributed by atoms with Gasteiger partial charge in [-0.1, -0.05) is 26.1 Å². The predicted molar refractivity (Wildman–Crippen MR) is 56.6 cm³/mol. The monoisotopic (exact) mass is 199 g/mol. The van der Waals surface area contributed by atoms with Crippen molar-refractivity contribution in [2.24, 2.45) is 0 Å². The predicted octanol–water partition coefficient (Wildman–Crippen LogP) is 2.29. The quantitative estimate of drug-likeness (QED) is 0.526. The first-order valence-corrected chi connectivity index (χ1v) is 8.20. The number of hydrogen-bond donors (Lipinski definition) is 0. The van der Waals surface area contributed by atoms with Gasteiger partial charge < -0.3 is 0 Å². The Morgan fingerprint density at radius 1 is 1.50 bits per heavy atom. The van der Waals surface area contributed by atoms with E-state index in [1.54, 1.807) is 0 Å². The molecule has 0 aliphatic heterocycles. The molecule has 0 N–H and O–H groups in total. The van der Waals surface area contributed by atoms with Crippen LogP contribution >= 0.6 is 11.1 Å². The molecular weight excluding hydrogens is 186 g/mol. The Hall–Kier alpha value is -0.343. The van der Waals surface area contributed by atoms with Crippen LogP contribution in [0.4, 0.5) is 0 Å². The van der Waals surface area contributed by atoms with Gasteiger partial charge in [-0.15, -0.1) is 0 Å². The number of hydrogen-bond acceptors (Lipinski definition) is 1. The highest BCUT2D eigenvalue weighted by atomic mass is 35.6. The molecule has 0 fully saturated rings. The van der Waals surface area contributed by atoms with Crippen LogP contribution in [0.5, 0.6) is 0 Å². The van der Waals surface area contributed by atoms with E-state index in [1.807, 2.05) is 12.3 Å². The van der Waals surface area contributed by atoms with Crippen LogP contribution < -0.4 is 5.19 Å². The van der Waals surface area contributed by atoms with Crippen molar-refractivity contribution in [3.63, 3.8) is 0 Å². The molecule has 66 valence electrons. The minimum absolute atomic E-state index is 0.972. The maximum absolute atomic E-state index is 6.34. The third-order valence-electron chi connectivity index (χ3n) is 1.87. The van der Waals surface area contributed by atoms with E-state index in [0.717, 1.165) is 12.1 Å². The molecule has 1 nitrogen and oxygen atoms in total. The minimum Gasteiger partial charge on any atom is -0.261 e. The summed E-state index contributed by atoms with van der Waals surface area (Å²) in [4.78, 5) is 4.31. The number of halogens is 1.